The van der Waals surface area contributed by atoms with Crippen molar-refractivity contribution in [3.8, 4) is 0 Å². The van der Waals surface area contributed by atoms with Crippen molar-refractivity contribution in [1.29, 1.82) is 0 Å². The number of nitrogens with one attached hydrogen (secondary N) is 2. The largest absolute Gasteiger partial charge is 0.449 e. The van der Waals surface area contributed by atoms with Crippen LogP contribution in [0, 0.1) is 11.7 Å². The Hall–Kier alpha value is -3.15. The van der Waals surface area contributed by atoms with Gasteiger partial charge in [-0.25, -0.2) is 4.39 Å². The first kappa shape index (κ1) is 17.3. The van der Waals surface area contributed by atoms with Crippen molar-refractivity contribution in [2.75, 3.05) is 10.6 Å². The number of carbonyl (C=O) groups excluding carboxylic acids is 2. The Morgan fingerprint density at radius 1 is 0.963 bits per heavy atom. The quantitative estimate of drug-likeness (QED) is 0.686. The topological polar surface area (TPSA) is 71.3 Å². The van der Waals surface area contributed by atoms with Gasteiger partial charge in [-0.2, -0.15) is 0 Å². The van der Waals surface area contributed by atoms with Crippen molar-refractivity contribution in [2.45, 2.75) is 25.7 Å². The summed E-state index contributed by atoms with van der Waals surface area (Å²) in [4.78, 5) is 25.3. The number of anilines is 2. The zero-order chi connectivity index (χ0) is 18.8. The molecule has 2 amide bonds. The predicted molar refractivity (Wildman–Crippen MR) is 101 cm³/mol. The number of rotatable bonds is 4. The van der Waals surface area contributed by atoms with Crippen LogP contribution < -0.4 is 10.6 Å². The van der Waals surface area contributed by atoms with Crippen LogP contribution in [0.2, 0.25) is 0 Å². The summed E-state index contributed by atoms with van der Waals surface area (Å²) in [6.45, 7) is 0. The van der Waals surface area contributed by atoms with Crippen molar-refractivity contribution < 1.29 is 18.4 Å². The number of hydrogen-bond donors (Lipinski definition) is 2. The maximum Gasteiger partial charge on any atom is 0.293 e. The Bertz CT molecular complexity index is 1010. The summed E-state index contributed by atoms with van der Waals surface area (Å²) in [5.74, 6) is -1.36. The molecular weight excluding hydrogens is 347 g/mol. The van der Waals surface area contributed by atoms with E-state index in [4.69, 9.17) is 4.42 Å². The van der Waals surface area contributed by atoms with Crippen LogP contribution in [-0.4, -0.2) is 11.8 Å². The zero-order valence-electron chi connectivity index (χ0n) is 14.6. The SMILES string of the molecule is O=C(Nc1ccccc1F)c1oc2ccccc2c1NC(=O)C1CCCC1. The fourth-order valence-corrected chi connectivity index (χ4v) is 3.48. The van der Waals surface area contributed by atoms with Crippen LogP contribution in [0.25, 0.3) is 11.0 Å². The average molecular weight is 366 g/mol. The van der Waals surface area contributed by atoms with Gasteiger partial charge >= 0.3 is 0 Å². The zero-order valence-corrected chi connectivity index (χ0v) is 14.6. The van der Waals surface area contributed by atoms with Crippen LogP contribution in [0.4, 0.5) is 15.8 Å². The number of amides is 2. The first-order chi connectivity index (χ1) is 13.1. The Morgan fingerprint density at radius 2 is 1.67 bits per heavy atom. The number of para-hydroxylation sites is 2. The van der Waals surface area contributed by atoms with Gasteiger partial charge in [-0.15, -0.1) is 0 Å². The highest BCUT2D eigenvalue weighted by Crippen LogP contribution is 2.33. The molecule has 1 aromatic heterocycles. The highest BCUT2D eigenvalue weighted by molar-refractivity contribution is 6.14. The third-order valence-corrected chi connectivity index (χ3v) is 4.90. The molecule has 1 heterocycles. The minimum Gasteiger partial charge on any atom is -0.449 e. The molecule has 4 rings (SSSR count). The van der Waals surface area contributed by atoms with Crippen LogP contribution in [0.3, 0.4) is 0 Å². The molecule has 1 aliphatic rings. The molecule has 0 spiro atoms. The fraction of sp³-hybridized carbons (Fsp3) is 0.238. The van der Waals surface area contributed by atoms with Gasteiger partial charge in [-0.05, 0) is 37.1 Å². The smallest absolute Gasteiger partial charge is 0.293 e. The van der Waals surface area contributed by atoms with Crippen LogP contribution >= 0.6 is 0 Å². The lowest BCUT2D eigenvalue weighted by Crippen LogP contribution is -2.22. The Balaban J connectivity index is 1.68. The van der Waals surface area contributed by atoms with E-state index < -0.39 is 11.7 Å². The summed E-state index contributed by atoms with van der Waals surface area (Å²) in [7, 11) is 0. The minimum atomic E-state index is -0.613. The number of benzene rings is 2. The van der Waals surface area contributed by atoms with E-state index in [2.05, 4.69) is 10.6 Å². The van der Waals surface area contributed by atoms with E-state index in [1.165, 1.54) is 12.1 Å². The summed E-state index contributed by atoms with van der Waals surface area (Å²) in [6.07, 6.45) is 3.76. The summed E-state index contributed by atoms with van der Waals surface area (Å²) >= 11 is 0. The van der Waals surface area contributed by atoms with E-state index in [1.807, 2.05) is 6.07 Å². The lowest BCUT2D eigenvalue weighted by molar-refractivity contribution is -0.119. The number of carbonyl (C=O) groups is 2. The van der Waals surface area contributed by atoms with Gasteiger partial charge < -0.3 is 15.1 Å². The van der Waals surface area contributed by atoms with Crippen molar-refractivity contribution in [3.05, 3.63) is 60.1 Å². The van der Waals surface area contributed by atoms with Crippen molar-refractivity contribution in [2.24, 2.45) is 5.92 Å². The number of halogens is 1. The maximum absolute atomic E-state index is 13.9. The molecular formula is C21H19FN2O3. The summed E-state index contributed by atoms with van der Waals surface area (Å²) in [5, 5.41) is 6.02. The maximum atomic E-state index is 13.9. The molecule has 3 aromatic rings. The monoisotopic (exact) mass is 366 g/mol. The van der Waals surface area contributed by atoms with Crippen LogP contribution in [0.5, 0.6) is 0 Å². The van der Waals surface area contributed by atoms with Crippen LogP contribution in [0.15, 0.2) is 52.9 Å². The Morgan fingerprint density at radius 3 is 2.44 bits per heavy atom. The van der Waals surface area contributed by atoms with Crippen molar-refractivity contribution in [3.63, 3.8) is 0 Å². The number of furan rings is 1. The molecule has 0 bridgehead atoms. The molecule has 6 heteroatoms. The summed E-state index contributed by atoms with van der Waals surface area (Å²) in [6, 6.07) is 13.0. The second kappa shape index (κ2) is 7.23. The molecule has 1 aliphatic carbocycles. The molecule has 2 N–H and O–H groups in total. The molecule has 138 valence electrons. The predicted octanol–water partition coefficient (Wildman–Crippen LogP) is 4.95. The fourth-order valence-electron chi connectivity index (χ4n) is 3.48. The van der Waals surface area contributed by atoms with Crippen molar-refractivity contribution in [1.82, 2.24) is 0 Å². The molecule has 1 saturated carbocycles. The van der Waals surface area contributed by atoms with Gasteiger partial charge in [-0.1, -0.05) is 37.1 Å². The first-order valence-electron chi connectivity index (χ1n) is 9.02. The molecule has 1 fully saturated rings. The van der Waals surface area contributed by atoms with Gasteiger partial charge in [0.2, 0.25) is 11.7 Å². The minimum absolute atomic E-state index is 0.0363. The van der Waals surface area contributed by atoms with E-state index in [0.717, 1.165) is 25.7 Å². The Kier molecular flexibility index (Phi) is 4.62. The molecule has 0 unspecified atom stereocenters. The van der Waals surface area contributed by atoms with Crippen LogP contribution in [-0.2, 0) is 4.79 Å². The van der Waals surface area contributed by atoms with Gasteiger partial charge in [0.1, 0.15) is 17.1 Å². The molecule has 0 saturated heterocycles. The van der Waals surface area contributed by atoms with E-state index in [1.54, 1.807) is 30.3 Å². The summed E-state index contributed by atoms with van der Waals surface area (Å²) in [5.41, 5.74) is 0.866. The van der Waals surface area contributed by atoms with E-state index in [9.17, 15) is 14.0 Å². The van der Waals surface area contributed by atoms with Crippen LogP contribution in [0.1, 0.15) is 36.2 Å². The lowest BCUT2D eigenvalue weighted by atomic mass is 10.1. The second-order valence-electron chi connectivity index (χ2n) is 6.71. The molecule has 5 nitrogen and oxygen atoms in total. The van der Waals surface area contributed by atoms with Gasteiger partial charge in [0, 0.05) is 11.3 Å². The molecule has 0 aliphatic heterocycles. The van der Waals surface area contributed by atoms with Gasteiger partial charge in [0.25, 0.3) is 5.91 Å². The van der Waals surface area contributed by atoms with E-state index >= 15 is 0 Å². The third kappa shape index (κ3) is 3.43. The highest BCUT2D eigenvalue weighted by atomic mass is 19.1. The van der Waals surface area contributed by atoms with Gasteiger partial charge in [0.15, 0.2) is 0 Å². The normalized spacial score (nSPS) is 14.4. The van der Waals surface area contributed by atoms with Gasteiger partial charge in [0.05, 0.1) is 5.69 Å². The highest BCUT2D eigenvalue weighted by Gasteiger charge is 2.27. The lowest BCUT2D eigenvalue weighted by Gasteiger charge is -2.11. The molecule has 2 aromatic carbocycles. The summed E-state index contributed by atoms with van der Waals surface area (Å²) < 4.78 is 19.6. The Labute approximate surface area is 155 Å². The van der Waals surface area contributed by atoms with E-state index in [0.29, 0.717) is 16.7 Å². The number of fused-ring (bicyclic) bond motifs is 1. The van der Waals surface area contributed by atoms with E-state index in [-0.39, 0.29) is 23.3 Å². The standard InChI is InChI=1S/C21H19FN2O3/c22-15-10-4-5-11-16(15)23-21(26)19-18(14-9-3-6-12-17(14)27-19)24-20(25)13-7-1-2-8-13/h3-6,9-13H,1-2,7-8H2,(H,23,26)(H,24,25). The molecule has 0 radical (unpaired) electrons. The third-order valence-electron chi connectivity index (χ3n) is 4.90. The van der Waals surface area contributed by atoms with Crippen molar-refractivity contribution >= 4 is 34.2 Å². The average Bonchev–Trinajstić information content (AvgIpc) is 3.32. The first-order valence-corrected chi connectivity index (χ1v) is 9.02. The molecule has 0 atom stereocenters. The number of hydrogen-bond acceptors (Lipinski definition) is 3. The van der Waals surface area contributed by atoms with Gasteiger partial charge in [-0.3, -0.25) is 9.59 Å². The molecule has 27 heavy (non-hydrogen) atoms. The second-order valence-corrected chi connectivity index (χ2v) is 6.71.